The molecule has 2 heterocycles. The predicted molar refractivity (Wildman–Crippen MR) is 96.1 cm³/mol. The Morgan fingerprint density at radius 3 is 2.64 bits per heavy atom. The summed E-state index contributed by atoms with van der Waals surface area (Å²) < 4.78 is 41.1. The van der Waals surface area contributed by atoms with E-state index in [0.717, 1.165) is 5.56 Å². The van der Waals surface area contributed by atoms with Gasteiger partial charge in [0, 0.05) is 12.7 Å². The number of benzene rings is 1. The van der Waals surface area contributed by atoms with E-state index < -0.39 is 15.8 Å². The second-order valence-electron chi connectivity index (χ2n) is 5.64. The van der Waals surface area contributed by atoms with Crippen molar-refractivity contribution in [1.29, 1.82) is 0 Å². The van der Waals surface area contributed by atoms with E-state index in [1.54, 1.807) is 25.3 Å². The smallest absolute Gasteiger partial charge is 0.243 e. The summed E-state index contributed by atoms with van der Waals surface area (Å²) in [5, 5.41) is 3.82. The Kier molecular flexibility index (Phi) is 5.27. The summed E-state index contributed by atoms with van der Waals surface area (Å²) >= 11 is 1.51. The summed E-state index contributed by atoms with van der Waals surface area (Å²) in [6, 6.07) is 11.1. The molecule has 0 spiro atoms. The first-order valence-electron chi connectivity index (χ1n) is 7.64. The van der Waals surface area contributed by atoms with Crippen LogP contribution in [0.5, 0.6) is 0 Å². The van der Waals surface area contributed by atoms with Crippen molar-refractivity contribution < 1.29 is 12.8 Å². The van der Waals surface area contributed by atoms with Gasteiger partial charge in [-0.25, -0.2) is 12.8 Å². The van der Waals surface area contributed by atoms with Crippen LogP contribution in [0, 0.1) is 12.7 Å². The number of aromatic nitrogens is 1. The number of halogens is 1. The summed E-state index contributed by atoms with van der Waals surface area (Å²) in [7, 11) is -3.78. The zero-order valence-electron chi connectivity index (χ0n) is 13.6. The molecule has 0 radical (unpaired) electrons. The zero-order valence-corrected chi connectivity index (χ0v) is 15.2. The summed E-state index contributed by atoms with van der Waals surface area (Å²) in [6.07, 6.45) is 1.63. The van der Waals surface area contributed by atoms with Gasteiger partial charge < -0.3 is 0 Å². The van der Waals surface area contributed by atoms with Crippen LogP contribution in [0.15, 0.2) is 64.3 Å². The first kappa shape index (κ1) is 17.7. The van der Waals surface area contributed by atoms with Crippen molar-refractivity contribution >= 4 is 21.4 Å². The lowest BCUT2D eigenvalue weighted by atomic mass is 10.2. The number of hydrogen-bond donors (Lipinski definition) is 0. The first-order chi connectivity index (χ1) is 12.0. The maximum atomic E-state index is 13.5. The van der Waals surface area contributed by atoms with Gasteiger partial charge in [-0.05, 0) is 65.2 Å². The Morgan fingerprint density at radius 2 is 2.00 bits per heavy atom. The Labute approximate surface area is 150 Å². The number of nitrogens with zero attached hydrogens (tertiary/aromatic N) is 2. The molecular weight excluding hydrogens is 359 g/mol. The molecule has 0 saturated heterocycles. The Hall–Kier alpha value is -2.09. The SMILES string of the molecule is Cc1cc(S(=O)(=O)N(Cc2ccsc2)Cc2ccccn2)ccc1F. The molecule has 25 heavy (non-hydrogen) atoms. The van der Waals surface area contributed by atoms with Crippen molar-refractivity contribution in [3.05, 3.63) is 82.1 Å². The van der Waals surface area contributed by atoms with Crippen molar-refractivity contribution in [3.8, 4) is 0 Å². The van der Waals surface area contributed by atoms with Crippen LogP contribution < -0.4 is 0 Å². The number of aryl methyl sites for hydroxylation is 1. The molecule has 0 aliphatic heterocycles. The van der Waals surface area contributed by atoms with Crippen molar-refractivity contribution in [1.82, 2.24) is 9.29 Å². The third kappa shape index (κ3) is 4.12. The molecule has 1 aromatic carbocycles. The molecule has 0 fully saturated rings. The van der Waals surface area contributed by atoms with Crippen molar-refractivity contribution in [2.75, 3.05) is 0 Å². The highest BCUT2D eigenvalue weighted by Gasteiger charge is 2.26. The molecule has 3 aromatic rings. The molecule has 0 atom stereocenters. The zero-order chi connectivity index (χ0) is 17.9. The number of hydrogen-bond acceptors (Lipinski definition) is 4. The minimum absolute atomic E-state index is 0.0811. The molecule has 0 aliphatic rings. The van der Waals surface area contributed by atoms with Gasteiger partial charge in [0.25, 0.3) is 0 Å². The fourth-order valence-electron chi connectivity index (χ4n) is 2.41. The lowest BCUT2D eigenvalue weighted by Crippen LogP contribution is -2.30. The normalized spacial score (nSPS) is 11.8. The van der Waals surface area contributed by atoms with Gasteiger partial charge in [-0.15, -0.1) is 0 Å². The van der Waals surface area contributed by atoms with Crippen molar-refractivity contribution in [2.45, 2.75) is 24.9 Å². The van der Waals surface area contributed by atoms with Crippen LogP contribution in [-0.4, -0.2) is 17.7 Å². The van der Waals surface area contributed by atoms with E-state index in [1.165, 1.54) is 33.8 Å². The molecule has 0 aliphatic carbocycles. The predicted octanol–water partition coefficient (Wildman–Crippen LogP) is 3.98. The van der Waals surface area contributed by atoms with Gasteiger partial charge in [0.2, 0.25) is 10.0 Å². The lowest BCUT2D eigenvalue weighted by Gasteiger charge is -2.22. The molecule has 0 N–H and O–H groups in total. The molecule has 3 rings (SSSR count). The summed E-state index contributed by atoms with van der Waals surface area (Å²) in [5.41, 5.74) is 1.86. The Balaban J connectivity index is 1.97. The molecule has 0 unspecified atom stereocenters. The third-order valence-electron chi connectivity index (χ3n) is 3.77. The van der Waals surface area contributed by atoms with Gasteiger partial charge in [-0.3, -0.25) is 4.98 Å². The van der Waals surface area contributed by atoms with Gasteiger partial charge >= 0.3 is 0 Å². The van der Waals surface area contributed by atoms with Crippen molar-refractivity contribution in [2.24, 2.45) is 0 Å². The van der Waals surface area contributed by atoms with Crippen LogP contribution in [0.2, 0.25) is 0 Å². The van der Waals surface area contributed by atoms with Gasteiger partial charge in [-0.1, -0.05) is 6.07 Å². The molecule has 2 aromatic heterocycles. The number of sulfonamides is 1. The second kappa shape index (κ2) is 7.43. The van der Waals surface area contributed by atoms with Crippen LogP contribution >= 0.6 is 11.3 Å². The molecule has 7 heteroatoms. The number of pyridine rings is 1. The number of thiophene rings is 1. The largest absolute Gasteiger partial charge is 0.260 e. The van der Waals surface area contributed by atoms with E-state index in [9.17, 15) is 12.8 Å². The van der Waals surface area contributed by atoms with E-state index in [-0.39, 0.29) is 18.0 Å². The minimum Gasteiger partial charge on any atom is -0.260 e. The molecule has 4 nitrogen and oxygen atoms in total. The fourth-order valence-corrected chi connectivity index (χ4v) is 4.56. The molecule has 130 valence electrons. The Bertz CT molecular complexity index is 942. The average Bonchev–Trinajstić information content (AvgIpc) is 3.11. The highest BCUT2D eigenvalue weighted by Crippen LogP contribution is 2.23. The van der Waals surface area contributed by atoms with E-state index in [4.69, 9.17) is 0 Å². The van der Waals surface area contributed by atoms with Crippen molar-refractivity contribution in [3.63, 3.8) is 0 Å². The molecular formula is C18H17FN2O2S2. The van der Waals surface area contributed by atoms with Gasteiger partial charge in [0.15, 0.2) is 0 Å². The molecule has 0 saturated carbocycles. The highest BCUT2D eigenvalue weighted by atomic mass is 32.2. The quantitative estimate of drug-likeness (QED) is 0.654. The van der Waals surface area contributed by atoms with E-state index in [0.29, 0.717) is 11.3 Å². The Morgan fingerprint density at radius 1 is 1.16 bits per heavy atom. The van der Waals surface area contributed by atoms with Crippen LogP contribution in [0.3, 0.4) is 0 Å². The van der Waals surface area contributed by atoms with Crippen LogP contribution in [0.25, 0.3) is 0 Å². The lowest BCUT2D eigenvalue weighted by molar-refractivity contribution is 0.397. The average molecular weight is 376 g/mol. The maximum absolute atomic E-state index is 13.5. The number of rotatable bonds is 6. The third-order valence-corrected chi connectivity index (χ3v) is 6.29. The topological polar surface area (TPSA) is 50.3 Å². The summed E-state index contributed by atoms with van der Waals surface area (Å²) in [4.78, 5) is 4.30. The summed E-state index contributed by atoms with van der Waals surface area (Å²) in [6.45, 7) is 1.94. The summed E-state index contributed by atoms with van der Waals surface area (Å²) in [5.74, 6) is -0.423. The van der Waals surface area contributed by atoms with Gasteiger partial charge in [0.05, 0.1) is 17.1 Å². The fraction of sp³-hybridized carbons (Fsp3) is 0.167. The molecule has 0 amide bonds. The highest BCUT2D eigenvalue weighted by molar-refractivity contribution is 7.89. The first-order valence-corrected chi connectivity index (χ1v) is 10.0. The van der Waals surface area contributed by atoms with E-state index in [2.05, 4.69) is 4.98 Å². The molecule has 0 bridgehead atoms. The van der Waals surface area contributed by atoms with E-state index in [1.807, 2.05) is 22.9 Å². The maximum Gasteiger partial charge on any atom is 0.243 e. The standard InChI is InChI=1S/C18H17FN2O2S2/c1-14-10-17(5-6-18(14)19)25(22,23)21(11-15-7-9-24-13-15)12-16-4-2-3-8-20-16/h2-10,13H,11-12H2,1H3. The monoisotopic (exact) mass is 376 g/mol. The van der Waals surface area contributed by atoms with Gasteiger partial charge in [-0.2, -0.15) is 15.6 Å². The van der Waals surface area contributed by atoms with E-state index >= 15 is 0 Å². The van der Waals surface area contributed by atoms with Gasteiger partial charge in [0.1, 0.15) is 5.82 Å². The second-order valence-corrected chi connectivity index (χ2v) is 8.35. The van der Waals surface area contributed by atoms with Crippen LogP contribution in [0.4, 0.5) is 4.39 Å². The minimum atomic E-state index is -3.78. The van der Waals surface area contributed by atoms with Crippen LogP contribution in [-0.2, 0) is 23.1 Å². The van der Waals surface area contributed by atoms with Crippen LogP contribution in [0.1, 0.15) is 16.8 Å².